The first kappa shape index (κ1) is 24.6. The average molecular weight is 476 g/mol. The lowest BCUT2D eigenvalue weighted by atomic mass is 10.1. The van der Waals surface area contributed by atoms with Gasteiger partial charge in [-0.3, -0.25) is 14.8 Å². The van der Waals surface area contributed by atoms with Crippen molar-refractivity contribution in [3.63, 3.8) is 0 Å². The topological polar surface area (TPSA) is 94.5 Å². The molecule has 2 aromatic rings. The standard InChI is InChI=1S/C22H24N6O.C4H9NO/c1-3-4-20(29)28-13-11-27(12-14-28)17-7-5-16(6-8-17)18-15-19-21(22(23-2)26-18)25-10-9-24-19;1-3-6-4-2-5-1/h1,5-8,15H,4,9-14H2,2H3,(H,23,26);5H,1-4H2. The van der Waals surface area contributed by atoms with Gasteiger partial charge in [-0.15, -0.1) is 6.42 Å². The number of pyridine rings is 1. The molecule has 35 heavy (non-hydrogen) atoms. The number of anilines is 2. The number of fused-ring (bicyclic) bond motifs is 1. The summed E-state index contributed by atoms with van der Waals surface area (Å²) in [7, 11) is 1.85. The highest BCUT2D eigenvalue weighted by Gasteiger charge is 2.20. The van der Waals surface area contributed by atoms with Gasteiger partial charge in [0.25, 0.3) is 0 Å². The molecule has 9 heteroatoms. The molecule has 0 unspecified atom stereocenters. The van der Waals surface area contributed by atoms with Crippen molar-refractivity contribution in [2.75, 3.05) is 82.8 Å². The van der Waals surface area contributed by atoms with Crippen molar-refractivity contribution in [2.24, 2.45) is 9.98 Å². The number of carbonyl (C=O) groups excluding carboxylic acids is 1. The summed E-state index contributed by atoms with van der Waals surface area (Å²) in [6.07, 6.45) is 5.42. The number of rotatable bonds is 4. The van der Waals surface area contributed by atoms with Crippen LogP contribution < -0.4 is 26.2 Å². The summed E-state index contributed by atoms with van der Waals surface area (Å²) >= 11 is 0. The van der Waals surface area contributed by atoms with Crippen molar-refractivity contribution in [1.82, 2.24) is 15.2 Å². The number of carbonyl (C=O) groups is 1. The van der Waals surface area contributed by atoms with Crippen LogP contribution in [0.25, 0.3) is 11.3 Å². The van der Waals surface area contributed by atoms with Crippen molar-refractivity contribution in [3.05, 3.63) is 41.0 Å². The van der Waals surface area contributed by atoms with E-state index in [0.717, 1.165) is 72.9 Å². The lowest BCUT2D eigenvalue weighted by molar-refractivity contribution is -0.130. The lowest BCUT2D eigenvalue weighted by Gasteiger charge is -2.36. The minimum atomic E-state index is 0.0402. The van der Waals surface area contributed by atoms with Crippen molar-refractivity contribution in [2.45, 2.75) is 6.42 Å². The number of terminal acetylenes is 1. The number of benzene rings is 1. The summed E-state index contributed by atoms with van der Waals surface area (Å²) < 4.78 is 5.01. The first-order chi connectivity index (χ1) is 17.2. The van der Waals surface area contributed by atoms with Gasteiger partial charge in [0.15, 0.2) is 5.82 Å². The quantitative estimate of drug-likeness (QED) is 0.619. The molecule has 1 aromatic carbocycles. The second-order valence-electron chi connectivity index (χ2n) is 8.40. The summed E-state index contributed by atoms with van der Waals surface area (Å²) in [4.78, 5) is 29.9. The fourth-order valence-corrected chi connectivity index (χ4v) is 4.23. The van der Waals surface area contributed by atoms with Crippen molar-refractivity contribution in [1.29, 1.82) is 0 Å². The van der Waals surface area contributed by atoms with Gasteiger partial charge < -0.3 is 25.2 Å². The normalized spacial score (nSPS) is 17.0. The predicted octanol–water partition coefficient (Wildman–Crippen LogP) is 0.321. The zero-order valence-electron chi connectivity index (χ0n) is 20.3. The van der Waals surface area contributed by atoms with Crippen LogP contribution in [0.3, 0.4) is 0 Å². The predicted molar refractivity (Wildman–Crippen MR) is 137 cm³/mol. The van der Waals surface area contributed by atoms with Gasteiger partial charge >= 0.3 is 0 Å². The molecule has 2 N–H and O–H groups in total. The number of morpholine rings is 1. The van der Waals surface area contributed by atoms with Crippen LogP contribution >= 0.6 is 0 Å². The van der Waals surface area contributed by atoms with Crippen LogP contribution in [0.5, 0.6) is 0 Å². The van der Waals surface area contributed by atoms with Crippen LogP contribution in [0.4, 0.5) is 11.5 Å². The van der Waals surface area contributed by atoms with Gasteiger partial charge in [0, 0.05) is 57.6 Å². The summed E-state index contributed by atoms with van der Waals surface area (Å²) in [5.41, 5.74) is 3.06. The third kappa shape index (κ3) is 6.35. The van der Waals surface area contributed by atoms with Crippen LogP contribution in [0, 0.1) is 12.3 Å². The van der Waals surface area contributed by atoms with Gasteiger partial charge in [-0.25, -0.2) is 4.98 Å². The van der Waals surface area contributed by atoms with Gasteiger partial charge in [0.2, 0.25) is 5.91 Å². The number of amides is 1. The Hall–Kier alpha value is -3.48. The van der Waals surface area contributed by atoms with E-state index >= 15 is 0 Å². The molecule has 5 rings (SSSR count). The number of aromatic nitrogens is 1. The molecule has 2 saturated heterocycles. The van der Waals surface area contributed by atoms with Gasteiger partial charge in [-0.05, 0) is 18.2 Å². The summed E-state index contributed by atoms with van der Waals surface area (Å²) in [6.45, 7) is 8.26. The van der Waals surface area contributed by atoms with Crippen molar-refractivity contribution >= 4 is 17.4 Å². The fourth-order valence-electron chi connectivity index (χ4n) is 4.23. The summed E-state index contributed by atoms with van der Waals surface area (Å²) in [5, 5.41) is 8.03. The Morgan fingerprint density at radius 3 is 2.43 bits per heavy atom. The lowest BCUT2D eigenvalue weighted by Crippen LogP contribution is -2.48. The van der Waals surface area contributed by atoms with E-state index in [-0.39, 0.29) is 12.3 Å². The highest BCUT2D eigenvalue weighted by atomic mass is 16.5. The molecule has 0 aliphatic carbocycles. The van der Waals surface area contributed by atoms with E-state index in [9.17, 15) is 4.79 Å². The smallest absolute Gasteiger partial charge is 0.234 e. The van der Waals surface area contributed by atoms with E-state index in [1.54, 1.807) is 0 Å². The van der Waals surface area contributed by atoms with E-state index in [1.165, 1.54) is 0 Å². The van der Waals surface area contributed by atoms with Crippen molar-refractivity contribution in [3.8, 4) is 23.6 Å². The van der Waals surface area contributed by atoms with Crippen LogP contribution in [0.2, 0.25) is 0 Å². The Labute approximate surface area is 206 Å². The molecule has 0 spiro atoms. The second-order valence-corrected chi connectivity index (χ2v) is 8.40. The van der Waals surface area contributed by atoms with Crippen LogP contribution in [-0.2, 0) is 9.53 Å². The number of piperazine rings is 1. The molecular formula is C26H33N7O2. The Bertz CT molecular complexity index is 1150. The minimum Gasteiger partial charge on any atom is -0.379 e. The monoisotopic (exact) mass is 475 g/mol. The Kier molecular flexibility index (Phi) is 8.65. The van der Waals surface area contributed by atoms with E-state index in [0.29, 0.717) is 26.2 Å². The van der Waals surface area contributed by atoms with E-state index in [2.05, 4.69) is 55.7 Å². The molecular weight excluding hydrogens is 442 g/mol. The molecule has 0 bridgehead atoms. The number of nitrogens with one attached hydrogen (secondary N) is 2. The maximum atomic E-state index is 11.9. The van der Waals surface area contributed by atoms with Gasteiger partial charge in [0.05, 0.1) is 43.8 Å². The molecule has 9 nitrogen and oxygen atoms in total. The minimum absolute atomic E-state index is 0.0402. The highest BCUT2D eigenvalue weighted by molar-refractivity contribution is 5.79. The Morgan fingerprint density at radius 2 is 1.83 bits per heavy atom. The largest absolute Gasteiger partial charge is 0.379 e. The van der Waals surface area contributed by atoms with Crippen LogP contribution in [0.15, 0.2) is 40.3 Å². The zero-order chi connectivity index (χ0) is 24.5. The molecule has 3 aliphatic heterocycles. The maximum absolute atomic E-state index is 11.9. The van der Waals surface area contributed by atoms with Crippen LogP contribution in [0.1, 0.15) is 6.42 Å². The third-order valence-corrected chi connectivity index (χ3v) is 6.12. The Morgan fingerprint density at radius 1 is 1.11 bits per heavy atom. The number of ether oxygens (including phenoxy) is 1. The van der Waals surface area contributed by atoms with Crippen molar-refractivity contribution < 1.29 is 9.53 Å². The zero-order valence-corrected chi connectivity index (χ0v) is 20.3. The second kappa shape index (κ2) is 12.3. The molecule has 1 amide bonds. The third-order valence-electron chi connectivity index (χ3n) is 6.12. The molecule has 0 saturated carbocycles. The van der Waals surface area contributed by atoms with Gasteiger partial charge in [-0.1, -0.05) is 18.1 Å². The molecule has 184 valence electrons. The first-order valence-corrected chi connectivity index (χ1v) is 12.1. The molecule has 2 fully saturated rings. The van der Waals surface area contributed by atoms with E-state index < -0.39 is 0 Å². The molecule has 0 radical (unpaired) electrons. The Balaban J connectivity index is 0.000000421. The molecule has 0 atom stereocenters. The molecule has 3 aliphatic rings. The number of hydrogen-bond donors (Lipinski definition) is 2. The fraction of sp³-hybridized carbons (Fsp3) is 0.462. The highest BCUT2D eigenvalue weighted by Crippen LogP contribution is 2.22. The van der Waals surface area contributed by atoms with Gasteiger partial charge in [-0.2, -0.15) is 0 Å². The molecule has 1 aromatic heterocycles. The number of nitrogens with zero attached hydrogens (tertiary/aromatic N) is 5. The maximum Gasteiger partial charge on any atom is 0.234 e. The summed E-state index contributed by atoms with van der Waals surface area (Å²) in [5.74, 6) is 3.23. The van der Waals surface area contributed by atoms with E-state index in [4.69, 9.17) is 16.1 Å². The van der Waals surface area contributed by atoms with Gasteiger partial charge in [0.1, 0.15) is 5.36 Å². The number of hydrogen-bond acceptors (Lipinski definition) is 8. The van der Waals surface area contributed by atoms with E-state index in [1.807, 2.05) is 18.0 Å². The van der Waals surface area contributed by atoms with Crippen LogP contribution in [-0.4, -0.2) is 88.4 Å². The SMILES string of the molecule is C#CCC(=O)N1CCN(c2ccc(-c3cc4c(c(NC)n3)=NCCN=4)cc2)CC1.C1COCCN1. The molecule has 4 heterocycles. The first-order valence-electron chi connectivity index (χ1n) is 12.1. The average Bonchev–Trinajstić information content (AvgIpc) is 2.94. The summed E-state index contributed by atoms with van der Waals surface area (Å²) in [6, 6.07) is 10.4.